The standard InChI is InChI=1S/C13H16N2O2S/c1-17-11-7-9(12(14)18)5-6-10(11)15-13(16)8-3-2-4-8/h5-8H,2-4H2,1H3,(H2,14,18)(H,15,16). The molecule has 1 saturated carbocycles. The molecule has 0 atom stereocenters. The molecule has 18 heavy (non-hydrogen) atoms. The predicted molar refractivity (Wildman–Crippen MR) is 74.9 cm³/mol. The molecule has 0 unspecified atom stereocenters. The Bertz CT molecular complexity index is 484. The Hall–Kier alpha value is -1.62. The van der Waals surface area contributed by atoms with E-state index in [-0.39, 0.29) is 11.8 Å². The van der Waals surface area contributed by atoms with Crippen LogP contribution in [0.25, 0.3) is 0 Å². The minimum Gasteiger partial charge on any atom is -0.495 e. The van der Waals surface area contributed by atoms with Gasteiger partial charge in [-0.1, -0.05) is 18.6 Å². The number of nitrogens with two attached hydrogens (primary N) is 1. The number of hydrogen-bond donors (Lipinski definition) is 2. The van der Waals surface area contributed by atoms with E-state index in [0.29, 0.717) is 16.4 Å². The lowest BCUT2D eigenvalue weighted by molar-refractivity contribution is -0.122. The van der Waals surface area contributed by atoms with Gasteiger partial charge in [0.1, 0.15) is 10.7 Å². The summed E-state index contributed by atoms with van der Waals surface area (Å²) >= 11 is 4.91. The van der Waals surface area contributed by atoms with E-state index in [1.807, 2.05) is 0 Å². The van der Waals surface area contributed by atoms with E-state index in [4.69, 9.17) is 22.7 Å². The molecular formula is C13H16N2O2S. The first-order valence-corrected chi connectivity index (χ1v) is 6.31. The molecule has 1 aliphatic carbocycles. The van der Waals surface area contributed by atoms with Gasteiger partial charge in [-0.3, -0.25) is 4.79 Å². The summed E-state index contributed by atoms with van der Waals surface area (Å²) in [5, 5.41) is 2.88. The number of ether oxygens (including phenoxy) is 1. The summed E-state index contributed by atoms with van der Waals surface area (Å²) in [5.74, 6) is 0.778. The van der Waals surface area contributed by atoms with E-state index in [0.717, 1.165) is 24.8 Å². The first-order chi connectivity index (χ1) is 8.61. The van der Waals surface area contributed by atoms with Crippen molar-refractivity contribution in [1.29, 1.82) is 0 Å². The zero-order valence-corrected chi connectivity index (χ0v) is 11.0. The third kappa shape index (κ3) is 2.61. The summed E-state index contributed by atoms with van der Waals surface area (Å²) in [6.45, 7) is 0. The van der Waals surface area contributed by atoms with Crippen molar-refractivity contribution in [3.05, 3.63) is 23.8 Å². The number of carbonyl (C=O) groups excluding carboxylic acids is 1. The zero-order valence-electron chi connectivity index (χ0n) is 10.2. The van der Waals surface area contributed by atoms with Gasteiger partial charge >= 0.3 is 0 Å². The van der Waals surface area contributed by atoms with Crippen molar-refractivity contribution in [2.75, 3.05) is 12.4 Å². The second-order valence-corrected chi connectivity index (χ2v) is 4.84. The molecule has 0 bridgehead atoms. The number of methoxy groups -OCH3 is 1. The average Bonchev–Trinajstić information content (AvgIpc) is 2.26. The summed E-state index contributed by atoms with van der Waals surface area (Å²) in [5.41, 5.74) is 6.94. The van der Waals surface area contributed by atoms with E-state index in [2.05, 4.69) is 5.32 Å². The van der Waals surface area contributed by atoms with Crippen LogP contribution < -0.4 is 15.8 Å². The summed E-state index contributed by atoms with van der Waals surface area (Å²) in [4.78, 5) is 12.2. The number of hydrogen-bond acceptors (Lipinski definition) is 3. The van der Waals surface area contributed by atoms with Gasteiger partial charge in [0.2, 0.25) is 5.91 Å². The van der Waals surface area contributed by atoms with Crippen LogP contribution in [0.3, 0.4) is 0 Å². The Balaban J connectivity index is 2.16. The first kappa shape index (κ1) is 12.8. The highest BCUT2D eigenvalue weighted by Gasteiger charge is 2.25. The van der Waals surface area contributed by atoms with Crippen molar-refractivity contribution >= 4 is 28.8 Å². The fourth-order valence-electron chi connectivity index (χ4n) is 1.85. The van der Waals surface area contributed by atoms with Crippen molar-refractivity contribution in [3.63, 3.8) is 0 Å². The maximum atomic E-state index is 11.9. The Kier molecular flexibility index (Phi) is 3.81. The molecule has 0 radical (unpaired) electrons. The molecule has 0 aliphatic heterocycles. The third-order valence-electron chi connectivity index (χ3n) is 3.22. The molecule has 0 heterocycles. The van der Waals surface area contributed by atoms with Crippen LogP contribution in [0.2, 0.25) is 0 Å². The van der Waals surface area contributed by atoms with E-state index in [9.17, 15) is 4.79 Å². The molecule has 3 N–H and O–H groups in total. The van der Waals surface area contributed by atoms with Gasteiger partial charge in [0, 0.05) is 11.5 Å². The topological polar surface area (TPSA) is 64.3 Å². The van der Waals surface area contributed by atoms with Crippen LogP contribution in [-0.2, 0) is 4.79 Å². The molecule has 0 spiro atoms. The normalized spacial score (nSPS) is 14.7. The molecule has 1 aromatic carbocycles. The van der Waals surface area contributed by atoms with Crippen molar-refractivity contribution in [2.45, 2.75) is 19.3 Å². The van der Waals surface area contributed by atoms with Crippen molar-refractivity contribution < 1.29 is 9.53 Å². The van der Waals surface area contributed by atoms with Crippen molar-refractivity contribution in [3.8, 4) is 5.75 Å². The van der Waals surface area contributed by atoms with Gasteiger partial charge in [0.25, 0.3) is 0 Å². The van der Waals surface area contributed by atoms with Gasteiger partial charge in [0.05, 0.1) is 12.8 Å². The number of anilines is 1. The average molecular weight is 264 g/mol. The van der Waals surface area contributed by atoms with Gasteiger partial charge in [-0.05, 0) is 31.0 Å². The van der Waals surface area contributed by atoms with E-state index >= 15 is 0 Å². The van der Waals surface area contributed by atoms with Gasteiger partial charge < -0.3 is 15.8 Å². The maximum Gasteiger partial charge on any atom is 0.227 e. The fraction of sp³-hybridized carbons (Fsp3) is 0.385. The Labute approximate surface area is 112 Å². The van der Waals surface area contributed by atoms with Crippen molar-refractivity contribution in [1.82, 2.24) is 0 Å². The molecule has 0 saturated heterocycles. The smallest absolute Gasteiger partial charge is 0.227 e. The molecule has 1 aromatic rings. The highest BCUT2D eigenvalue weighted by Crippen LogP contribution is 2.30. The van der Waals surface area contributed by atoms with Gasteiger partial charge in [-0.15, -0.1) is 0 Å². The van der Waals surface area contributed by atoms with Crippen LogP contribution in [0, 0.1) is 5.92 Å². The van der Waals surface area contributed by atoms with Gasteiger partial charge in [-0.25, -0.2) is 0 Å². The minimum atomic E-state index is 0.0580. The number of nitrogens with one attached hydrogen (secondary N) is 1. The number of benzene rings is 1. The molecule has 0 aromatic heterocycles. The predicted octanol–water partition coefficient (Wildman–Crippen LogP) is 2.07. The van der Waals surface area contributed by atoms with Crippen molar-refractivity contribution in [2.24, 2.45) is 11.7 Å². The lowest BCUT2D eigenvalue weighted by Gasteiger charge is -2.24. The number of rotatable bonds is 4. The molecule has 1 aliphatic rings. The first-order valence-electron chi connectivity index (χ1n) is 5.90. The van der Waals surface area contributed by atoms with E-state index in [1.165, 1.54) is 0 Å². The maximum absolute atomic E-state index is 11.9. The summed E-state index contributed by atoms with van der Waals surface area (Å²) < 4.78 is 5.24. The van der Waals surface area contributed by atoms with Gasteiger partial charge in [-0.2, -0.15) is 0 Å². The molecule has 1 amide bonds. The van der Waals surface area contributed by atoms with E-state index < -0.39 is 0 Å². The lowest BCUT2D eigenvalue weighted by atomic mass is 9.85. The largest absolute Gasteiger partial charge is 0.495 e. The van der Waals surface area contributed by atoms with Crippen LogP contribution in [0.15, 0.2) is 18.2 Å². The molecule has 96 valence electrons. The monoisotopic (exact) mass is 264 g/mol. The summed E-state index contributed by atoms with van der Waals surface area (Å²) in [7, 11) is 1.55. The molecule has 1 fully saturated rings. The summed E-state index contributed by atoms with van der Waals surface area (Å²) in [6.07, 6.45) is 3.08. The highest BCUT2D eigenvalue weighted by atomic mass is 32.1. The quantitative estimate of drug-likeness (QED) is 0.817. The van der Waals surface area contributed by atoms with Crippen LogP contribution >= 0.6 is 12.2 Å². The molecular weight excluding hydrogens is 248 g/mol. The Morgan fingerprint density at radius 3 is 2.72 bits per heavy atom. The minimum absolute atomic E-state index is 0.0580. The SMILES string of the molecule is COc1cc(C(N)=S)ccc1NC(=O)C1CCC1. The van der Waals surface area contributed by atoms with Gasteiger partial charge in [0.15, 0.2) is 0 Å². The molecule has 2 rings (SSSR count). The summed E-state index contributed by atoms with van der Waals surface area (Å²) in [6, 6.07) is 5.28. The number of amides is 1. The number of thiocarbonyl (C=S) groups is 1. The van der Waals surface area contributed by atoms with Crippen LogP contribution in [-0.4, -0.2) is 18.0 Å². The Morgan fingerprint density at radius 2 is 2.22 bits per heavy atom. The third-order valence-corrected chi connectivity index (χ3v) is 3.46. The second kappa shape index (κ2) is 5.35. The molecule has 5 heteroatoms. The molecule has 4 nitrogen and oxygen atoms in total. The van der Waals surface area contributed by atoms with Crippen LogP contribution in [0.1, 0.15) is 24.8 Å². The van der Waals surface area contributed by atoms with Crippen LogP contribution in [0.5, 0.6) is 5.75 Å². The Morgan fingerprint density at radius 1 is 1.50 bits per heavy atom. The zero-order chi connectivity index (χ0) is 13.1. The lowest BCUT2D eigenvalue weighted by Crippen LogP contribution is -2.28. The van der Waals surface area contributed by atoms with E-state index in [1.54, 1.807) is 25.3 Å². The fourth-order valence-corrected chi connectivity index (χ4v) is 1.98. The second-order valence-electron chi connectivity index (χ2n) is 4.40. The highest BCUT2D eigenvalue weighted by molar-refractivity contribution is 7.80. The van der Waals surface area contributed by atoms with Crippen LogP contribution in [0.4, 0.5) is 5.69 Å². The number of carbonyl (C=O) groups is 1.